The summed E-state index contributed by atoms with van der Waals surface area (Å²) < 4.78 is 7.47. The summed E-state index contributed by atoms with van der Waals surface area (Å²) in [4.78, 5) is 17.0. The molecule has 1 aliphatic rings. The number of rotatable bonds is 5. The number of anilines is 1. The minimum atomic E-state index is -0.467. The highest BCUT2D eigenvalue weighted by Crippen LogP contribution is 2.40. The van der Waals surface area contributed by atoms with Crippen LogP contribution in [0.15, 0.2) is 35.0 Å². The lowest BCUT2D eigenvalue weighted by molar-refractivity contribution is -0.118. The molecule has 2 aromatic heterocycles. The second kappa shape index (κ2) is 5.76. The van der Waals surface area contributed by atoms with Gasteiger partial charge in [-0.1, -0.05) is 0 Å². The number of nitrogens with zero attached hydrogens (tertiary/aromatic N) is 3. The van der Waals surface area contributed by atoms with E-state index in [9.17, 15) is 4.79 Å². The standard InChI is InChI=1S/C17H19N5O2/c1-18-15(11-8-19-22(2)9-11)16(23)20-12-5-6-13-14(7-12)24-17(21-13)10-3-4-10/h5-10,15,18H,3-4H2,1-2H3,(H,20,23). The van der Waals surface area contributed by atoms with Gasteiger partial charge in [-0.15, -0.1) is 0 Å². The lowest BCUT2D eigenvalue weighted by Crippen LogP contribution is -2.30. The van der Waals surface area contributed by atoms with Gasteiger partial charge in [-0.05, 0) is 32.0 Å². The van der Waals surface area contributed by atoms with Crippen LogP contribution >= 0.6 is 0 Å². The summed E-state index contributed by atoms with van der Waals surface area (Å²) in [6.07, 6.45) is 5.79. The van der Waals surface area contributed by atoms with Crippen LogP contribution in [-0.4, -0.2) is 27.7 Å². The van der Waals surface area contributed by atoms with E-state index in [1.54, 1.807) is 17.9 Å². The Kier molecular flexibility index (Phi) is 3.57. The minimum absolute atomic E-state index is 0.146. The van der Waals surface area contributed by atoms with Gasteiger partial charge in [0.25, 0.3) is 0 Å². The Morgan fingerprint density at radius 2 is 2.25 bits per heavy atom. The Morgan fingerprint density at radius 1 is 1.42 bits per heavy atom. The second-order valence-corrected chi connectivity index (χ2v) is 6.17. The molecule has 0 aliphatic heterocycles. The summed E-state index contributed by atoms with van der Waals surface area (Å²) in [7, 11) is 3.57. The minimum Gasteiger partial charge on any atom is -0.440 e. The van der Waals surface area contributed by atoms with Crippen molar-refractivity contribution in [2.75, 3.05) is 12.4 Å². The van der Waals surface area contributed by atoms with Gasteiger partial charge in [-0.2, -0.15) is 5.10 Å². The number of oxazole rings is 1. The molecule has 0 saturated heterocycles. The average molecular weight is 325 g/mol. The summed E-state index contributed by atoms with van der Waals surface area (Å²) in [5, 5.41) is 10.1. The summed E-state index contributed by atoms with van der Waals surface area (Å²) in [6.45, 7) is 0. The smallest absolute Gasteiger partial charge is 0.246 e. The molecule has 0 spiro atoms. The van der Waals surface area contributed by atoms with E-state index >= 15 is 0 Å². The average Bonchev–Trinajstić information content (AvgIpc) is 3.19. The van der Waals surface area contributed by atoms with Crippen LogP contribution in [0.1, 0.15) is 36.3 Å². The van der Waals surface area contributed by atoms with E-state index < -0.39 is 6.04 Å². The van der Waals surface area contributed by atoms with Crippen molar-refractivity contribution < 1.29 is 9.21 Å². The van der Waals surface area contributed by atoms with Gasteiger partial charge >= 0.3 is 0 Å². The molecule has 3 aromatic rings. The van der Waals surface area contributed by atoms with Gasteiger partial charge in [0.2, 0.25) is 5.91 Å². The molecule has 1 unspecified atom stereocenters. The van der Waals surface area contributed by atoms with Crippen molar-refractivity contribution in [1.82, 2.24) is 20.1 Å². The zero-order chi connectivity index (χ0) is 16.7. The van der Waals surface area contributed by atoms with E-state index in [1.165, 1.54) is 0 Å². The normalized spacial score (nSPS) is 15.6. The van der Waals surface area contributed by atoms with Crippen LogP contribution in [0.3, 0.4) is 0 Å². The molecule has 124 valence electrons. The molecular weight excluding hydrogens is 306 g/mol. The predicted octanol–water partition coefficient (Wildman–Crippen LogP) is 2.34. The van der Waals surface area contributed by atoms with Crippen molar-refractivity contribution in [1.29, 1.82) is 0 Å². The number of aromatic nitrogens is 3. The first-order chi connectivity index (χ1) is 11.6. The summed E-state index contributed by atoms with van der Waals surface area (Å²) in [6, 6.07) is 5.07. The second-order valence-electron chi connectivity index (χ2n) is 6.17. The first kappa shape index (κ1) is 14.9. The number of benzene rings is 1. The van der Waals surface area contributed by atoms with Crippen molar-refractivity contribution in [3.63, 3.8) is 0 Å². The number of nitrogens with one attached hydrogen (secondary N) is 2. The number of likely N-dealkylation sites (N-methyl/N-ethyl adjacent to an activating group) is 1. The zero-order valence-corrected chi connectivity index (χ0v) is 13.6. The number of fused-ring (bicyclic) bond motifs is 1. The lowest BCUT2D eigenvalue weighted by atomic mass is 10.1. The Morgan fingerprint density at radius 3 is 2.92 bits per heavy atom. The monoisotopic (exact) mass is 325 g/mol. The third kappa shape index (κ3) is 2.78. The van der Waals surface area contributed by atoms with Crippen LogP contribution in [0.25, 0.3) is 11.1 Å². The first-order valence-corrected chi connectivity index (χ1v) is 8.01. The maximum absolute atomic E-state index is 12.6. The van der Waals surface area contributed by atoms with Crippen LogP contribution in [0.4, 0.5) is 5.69 Å². The molecule has 4 rings (SSSR count). The predicted molar refractivity (Wildman–Crippen MR) is 89.6 cm³/mol. The Balaban J connectivity index is 1.54. The van der Waals surface area contributed by atoms with E-state index in [0.717, 1.165) is 29.8 Å². The van der Waals surface area contributed by atoms with E-state index in [4.69, 9.17) is 4.42 Å². The van der Waals surface area contributed by atoms with Gasteiger partial charge < -0.3 is 15.1 Å². The van der Waals surface area contributed by atoms with Crippen molar-refractivity contribution >= 4 is 22.7 Å². The van der Waals surface area contributed by atoms with Gasteiger partial charge in [0.05, 0.1) is 6.20 Å². The number of amides is 1. The van der Waals surface area contributed by atoms with Crippen LogP contribution in [0.2, 0.25) is 0 Å². The number of hydrogen-bond acceptors (Lipinski definition) is 5. The molecule has 1 atom stereocenters. The van der Waals surface area contributed by atoms with Crippen LogP contribution < -0.4 is 10.6 Å². The Bertz CT molecular complexity index is 893. The largest absolute Gasteiger partial charge is 0.440 e. The number of carbonyl (C=O) groups excluding carboxylic acids is 1. The molecule has 1 saturated carbocycles. The molecule has 1 aliphatic carbocycles. The van der Waals surface area contributed by atoms with E-state index in [0.29, 0.717) is 17.2 Å². The van der Waals surface area contributed by atoms with Gasteiger partial charge in [0, 0.05) is 36.5 Å². The highest BCUT2D eigenvalue weighted by atomic mass is 16.3. The van der Waals surface area contributed by atoms with Crippen LogP contribution in [-0.2, 0) is 11.8 Å². The highest BCUT2D eigenvalue weighted by molar-refractivity contribution is 5.96. The van der Waals surface area contributed by atoms with Crippen LogP contribution in [0, 0.1) is 0 Å². The maximum atomic E-state index is 12.6. The van der Waals surface area contributed by atoms with E-state index in [2.05, 4.69) is 20.7 Å². The van der Waals surface area contributed by atoms with Gasteiger partial charge in [0.1, 0.15) is 11.6 Å². The molecule has 1 amide bonds. The van der Waals surface area contributed by atoms with Gasteiger partial charge in [-0.25, -0.2) is 4.98 Å². The number of aryl methyl sites for hydroxylation is 1. The van der Waals surface area contributed by atoms with E-state index in [1.807, 2.05) is 31.4 Å². The van der Waals surface area contributed by atoms with Crippen molar-refractivity contribution in [3.8, 4) is 0 Å². The lowest BCUT2D eigenvalue weighted by Gasteiger charge is -2.14. The topological polar surface area (TPSA) is 85.0 Å². The Hall–Kier alpha value is -2.67. The quantitative estimate of drug-likeness (QED) is 0.752. The summed E-state index contributed by atoms with van der Waals surface area (Å²) in [5.74, 6) is 1.12. The number of carbonyl (C=O) groups is 1. The van der Waals surface area contributed by atoms with Crippen molar-refractivity contribution in [3.05, 3.63) is 42.0 Å². The number of hydrogen-bond donors (Lipinski definition) is 2. The molecule has 0 radical (unpaired) electrons. The van der Waals surface area contributed by atoms with Crippen LogP contribution in [0.5, 0.6) is 0 Å². The molecule has 0 bridgehead atoms. The molecule has 7 heteroatoms. The Labute approximate surface area is 139 Å². The maximum Gasteiger partial charge on any atom is 0.246 e. The third-order valence-electron chi connectivity index (χ3n) is 4.21. The molecule has 1 aromatic carbocycles. The summed E-state index contributed by atoms with van der Waals surface area (Å²) >= 11 is 0. The van der Waals surface area contributed by atoms with Crippen molar-refractivity contribution in [2.45, 2.75) is 24.8 Å². The molecular formula is C17H19N5O2. The van der Waals surface area contributed by atoms with E-state index in [-0.39, 0.29) is 5.91 Å². The SMILES string of the molecule is CNC(C(=O)Nc1ccc2nc(C3CC3)oc2c1)c1cnn(C)c1. The fraction of sp³-hybridized carbons (Fsp3) is 0.353. The zero-order valence-electron chi connectivity index (χ0n) is 13.6. The van der Waals surface area contributed by atoms with Crippen molar-refractivity contribution in [2.24, 2.45) is 7.05 Å². The molecule has 7 nitrogen and oxygen atoms in total. The molecule has 1 fully saturated rings. The first-order valence-electron chi connectivity index (χ1n) is 8.01. The van der Waals surface area contributed by atoms with Gasteiger partial charge in [0.15, 0.2) is 11.5 Å². The third-order valence-corrected chi connectivity index (χ3v) is 4.21. The fourth-order valence-electron chi connectivity index (χ4n) is 2.78. The summed E-state index contributed by atoms with van der Waals surface area (Å²) in [5.41, 5.74) is 3.04. The highest BCUT2D eigenvalue weighted by Gasteiger charge is 2.29. The molecule has 2 heterocycles. The molecule has 24 heavy (non-hydrogen) atoms. The molecule has 2 N–H and O–H groups in total. The fourth-order valence-corrected chi connectivity index (χ4v) is 2.78. The van der Waals surface area contributed by atoms with Gasteiger partial charge in [-0.3, -0.25) is 9.48 Å².